The summed E-state index contributed by atoms with van der Waals surface area (Å²) in [4.78, 5) is 6.58. The van der Waals surface area contributed by atoms with Gasteiger partial charge in [-0.25, -0.2) is 4.98 Å². The van der Waals surface area contributed by atoms with Crippen LogP contribution in [-0.2, 0) is 0 Å². The first-order valence-corrected chi connectivity index (χ1v) is 7.05. The molecule has 1 N–H and O–H groups in total. The second-order valence-electron chi connectivity index (χ2n) is 5.76. The van der Waals surface area contributed by atoms with Crippen molar-refractivity contribution in [1.29, 1.82) is 5.26 Å². The van der Waals surface area contributed by atoms with Crippen molar-refractivity contribution in [2.75, 3.05) is 18.0 Å². The maximum Gasteiger partial charge on any atom is 0.129 e. The fourth-order valence-corrected chi connectivity index (χ4v) is 3.44. The van der Waals surface area contributed by atoms with Gasteiger partial charge in [0.05, 0.1) is 17.2 Å². The Bertz CT molecular complexity index is 510. The first kappa shape index (κ1) is 12.4. The largest absolute Gasteiger partial charge is 0.389 e. The zero-order valence-corrected chi connectivity index (χ0v) is 11.0. The van der Waals surface area contributed by atoms with E-state index in [1.165, 1.54) is 6.42 Å². The van der Waals surface area contributed by atoms with Crippen molar-refractivity contribution < 1.29 is 5.11 Å². The van der Waals surface area contributed by atoms with Gasteiger partial charge in [-0.15, -0.1) is 0 Å². The Balaban J connectivity index is 1.79. The van der Waals surface area contributed by atoms with E-state index in [-0.39, 0.29) is 0 Å². The molecule has 2 atom stereocenters. The molecule has 100 valence electrons. The highest BCUT2D eigenvalue weighted by molar-refractivity contribution is 5.45. The van der Waals surface area contributed by atoms with Gasteiger partial charge in [0.25, 0.3) is 0 Å². The van der Waals surface area contributed by atoms with Crippen molar-refractivity contribution in [3.8, 4) is 6.07 Å². The van der Waals surface area contributed by atoms with Gasteiger partial charge in [-0.05, 0) is 31.4 Å². The Labute approximate surface area is 113 Å². The van der Waals surface area contributed by atoms with Crippen molar-refractivity contribution in [2.45, 2.75) is 37.7 Å². The van der Waals surface area contributed by atoms with Crippen LogP contribution in [0.2, 0.25) is 0 Å². The molecule has 0 bridgehead atoms. The Morgan fingerprint density at radius 2 is 2.32 bits per heavy atom. The summed E-state index contributed by atoms with van der Waals surface area (Å²) in [5, 5.41) is 19.6. The lowest BCUT2D eigenvalue weighted by atomic mass is 9.71. The summed E-state index contributed by atoms with van der Waals surface area (Å²) in [7, 11) is 0. The highest BCUT2D eigenvalue weighted by atomic mass is 16.3. The minimum atomic E-state index is -0.457. The van der Waals surface area contributed by atoms with E-state index < -0.39 is 5.60 Å². The molecule has 1 aliphatic carbocycles. The summed E-state index contributed by atoms with van der Waals surface area (Å²) in [5.41, 5.74) is 0.191. The van der Waals surface area contributed by atoms with E-state index in [9.17, 15) is 5.11 Å². The van der Waals surface area contributed by atoms with Crippen molar-refractivity contribution >= 4 is 5.82 Å². The van der Waals surface area contributed by atoms with Crippen molar-refractivity contribution in [1.82, 2.24) is 4.98 Å². The zero-order chi connectivity index (χ0) is 13.3. The summed E-state index contributed by atoms with van der Waals surface area (Å²) in [5.74, 6) is 1.22. The number of nitriles is 1. The molecule has 2 fully saturated rings. The van der Waals surface area contributed by atoms with Crippen molar-refractivity contribution in [3.05, 3.63) is 23.9 Å². The molecule has 4 heteroatoms. The van der Waals surface area contributed by atoms with E-state index in [1.807, 2.05) is 6.07 Å². The lowest BCUT2D eigenvalue weighted by Gasteiger charge is -2.47. The predicted molar refractivity (Wildman–Crippen MR) is 72.7 cm³/mol. The van der Waals surface area contributed by atoms with Crippen LogP contribution in [0.5, 0.6) is 0 Å². The van der Waals surface area contributed by atoms with Crippen molar-refractivity contribution in [3.63, 3.8) is 0 Å². The molecular weight excluding hydrogens is 238 g/mol. The van der Waals surface area contributed by atoms with Gasteiger partial charge in [0.1, 0.15) is 5.82 Å². The van der Waals surface area contributed by atoms with Crippen LogP contribution in [-0.4, -0.2) is 28.8 Å². The van der Waals surface area contributed by atoms with E-state index >= 15 is 0 Å². The van der Waals surface area contributed by atoms with Crippen LogP contribution in [0.25, 0.3) is 0 Å². The standard InChI is InChI=1S/C15H19N3O/c16-10-12-4-7-17-14(9-12)18-8-6-15(19)5-2-1-3-13(15)11-18/h4,7,9,13,19H,1-3,5-6,8,11H2. The second-order valence-corrected chi connectivity index (χ2v) is 5.76. The van der Waals surface area contributed by atoms with E-state index in [0.29, 0.717) is 11.5 Å². The highest BCUT2D eigenvalue weighted by Crippen LogP contribution is 2.40. The van der Waals surface area contributed by atoms with E-state index in [2.05, 4.69) is 16.0 Å². The third kappa shape index (κ3) is 2.31. The van der Waals surface area contributed by atoms with Crippen LogP contribution >= 0.6 is 0 Å². The van der Waals surface area contributed by atoms with Gasteiger partial charge >= 0.3 is 0 Å². The molecule has 1 saturated carbocycles. The Kier molecular flexibility index (Phi) is 3.16. The highest BCUT2D eigenvalue weighted by Gasteiger charge is 2.42. The number of hydrogen-bond acceptors (Lipinski definition) is 4. The summed E-state index contributed by atoms with van der Waals surface area (Å²) in [6.07, 6.45) is 6.91. The number of aromatic nitrogens is 1. The van der Waals surface area contributed by atoms with Crippen LogP contribution < -0.4 is 4.90 Å². The maximum atomic E-state index is 10.7. The Hall–Kier alpha value is -1.60. The predicted octanol–water partition coefficient (Wildman–Crippen LogP) is 2.08. The maximum absolute atomic E-state index is 10.7. The van der Waals surface area contributed by atoms with Crippen LogP contribution in [0.3, 0.4) is 0 Å². The average molecular weight is 257 g/mol. The third-order valence-corrected chi connectivity index (χ3v) is 4.63. The van der Waals surface area contributed by atoms with Gasteiger partial charge in [0.15, 0.2) is 0 Å². The average Bonchev–Trinajstić information content (AvgIpc) is 2.46. The van der Waals surface area contributed by atoms with Gasteiger partial charge < -0.3 is 10.0 Å². The van der Waals surface area contributed by atoms with E-state index in [1.54, 1.807) is 12.3 Å². The summed E-state index contributed by atoms with van der Waals surface area (Å²) in [6.45, 7) is 1.69. The minimum Gasteiger partial charge on any atom is -0.389 e. The van der Waals surface area contributed by atoms with Gasteiger partial charge in [0, 0.05) is 25.2 Å². The van der Waals surface area contributed by atoms with Crippen molar-refractivity contribution in [2.24, 2.45) is 5.92 Å². The minimum absolute atomic E-state index is 0.350. The number of aliphatic hydroxyl groups is 1. The van der Waals surface area contributed by atoms with E-state index in [0.717, 1.165) is 44.6 Å². The number of rotatable bonds is 1. The molecule has 0 aromatic carbocycles. The van der Waals surface area contributed by atoms with Crippen LogP contribution in [0.15, 0.2) is 18.3 Å². The summed E-state index contributed by atoms with van der Waals surface area (Å²) < 4.78 is 0. The normalized spacial score (nSPS) is 30.5. The molecule has 2 aliphatic rings. The molecule has 0 amide bonds. The smallest absolute Gasteiger partial charge is 0.129 e. The molecule has 1 aliphatic heterocycles. The number of anilines is 1. The second kappa shape index (κ2) is 4.82. The molecule has 19 heavy (non-hydrogen) atoms. The third-order valence-electron chi connectivity index (χ3n) is 4.63. The molecule has 1 saturated heterocycles. The topological polar surface area (TPSA) is 60.2 Å². The van der Waals surface area contributed by atoms with Gasteiger partial charge in [-0.1, -0.05) is 12.8 Å². The van der Waals surface area contributed by atoms with Gasteiger partial charge in [-0.3, -0.25) is 0 Å². The summed E-state index contributed by atoms with van der Waals surface area (Å²) in [6, 6.07) is 5.72. The molecule has 1 aromatic rings. The lowest BCUT2D eigenvalue weighted by Crippen LogP contribution is -2.53. The van der Waals surface area contributed by atoms with Gasteiger partial charge in [0.2, 0.25) is 0 Å². The van der Waals surface area contributed by atoms with Crippen LogP contribution in [0, 0.1) is 17.2 Å². The van der Waals surface area contributed by atoms with Gasteiger partial charge in [-0.2, -0.15) is 5.26 Å². The number of fused-ring (bicyclic) bond motifs is 1. The summed E-state index contributed by atoms with van der Waals surface area (Å²) >= 11 is 0. The fraction of sp³-hybridized carbons (Fsp3) is 0.600. The first-order chi connectivity index (χ1) is 9.21. The monoisotopic (exact) mass is 257 g/mol. The first-order valence-electron chi connectivity index (χ1n) is 7.05. The molecule has 0 radical (unpaired) electrons. The lowest BCUT2D eigenvalue weighted by molar-refractivity contribution is -0.0613. The Morgan fingerprint density at radius 1 is 1.42 bits per heavy atom. The quantitative estimate of drug-likeness (QED) is 0.836. The number of nitrogens with zero attached hydrogens (tertiary/aromatic N) is 3. The Morgan fingerprint density at radius 3 is 3.16 bits per heavy atom. The molecule has 1 aromatic heterocycles. The zero-order valence-electron chi connectivity index (χ0n) is 11.0. The number of piperidine rings is 1. The SMILES string of the molecule is N#Cc1ccnc(N2CCC3(O)CCCCC3C2)c1. The molecular formula is C15H19N3O. The molecule has 4 nitrogen and oxygen atoms in total. The number of hydrogen-bond donors (Lipinski definition) is 1. The molecule has 2 unspecified atom stereocenters. The van der Waals surface area contributed by atoms with Crippen LogP contribution in [0.1, 0.15) is 37.7 Å². The molecule has 0 spiro atoms. The fourth-order valence-electron chi connectivity index (χ4n) is 3.44. The molecule has 2 heterocycles. The van der Waals surface area contributed by atoms with Crippen LogP contribution in [0.4, 0.5) is 5.82 Å². The number of pyridine rings is 1. The van der Waals surface area contributed by atoms with E-state index in [4.69, 9.17) is 5.26 Å². The molecule has 3 rings (SSSR count).